The second kappa shape index (κ2) is 3.24. The molecule has 4 nitrogen and oxygen atoms in total. The summed E-state index contributed by atoms with van der Waals surface area (Å²) in [7, 11) is 1.77. The first-order chi connectivity index (χ1) is 7.02. The van der Waals surface area contributed by atoms with Crippen LogP contribution < -0.4 is 0 Å². The predicted octanol–water partition coefficient (Wildman–Crippen LogP) is 2.23. The lowest BCUT2D eigenvalue weighted by molar-refractivity contribution is 0.0696. The van der Waals surface area contributed by atoms with Crippen LogP contribution >= 0.6 is 11.6 Å². The number of halogens is 1. The summed E-state index contributed by atoms with van der Waals surface area (Å²) in [5.41, 5.74) is 1.59. The zero-order valence-corrected chi connectivity index (χ0v) is 9.04. The summed E-state index contributed by atoms with van der Waals surface area (Å²) in [5.74, 6) is -1.01. The van der Waals surface area contributed by atoms with Crippen molar-refractivity contribution in [3.8, 4) is 0 Å². The normalized spacial score (nSPS) is 10.9. The van der Waals surface area contributed by atoms with Gasteiger partial charge in [0.15, 0.2) is 0 Å². The largest absolute Gasteiger partial charge is 0.478 e. The maximum absolute atomic E-state index is 11.0. The Balaban J connectivity index is 2.93. The van der Waals surface area contributed by atoms with Gasteiger partial charge in [-0.15, -0.1) is 0 Å². The van der Waals surface area contributed by atoms with Crippen LogP contribution in [0.1, 0.15) is 15.9 Å². The Morgan fingerprint density at radius 2 is 2.27 bits per heavy atom. The quantitative estimate of drug-likeness (QED) is 0.808. The molecular weight excluding hydrogens is 216 g/mol. The van der Waals surface area contributed by atoms with Crippen LogP contribution in [0.4, 0.5) is 0 Å². The highest BCUT2D eigenvalue weighted by Crippen LogP contribution is 2.28. The predicted molar refractivity (Wildman–Crippen MR) is 57.4 cm³/mol. The van der Waals surface area contributed by atoms with Crippen LogP contribution in [0.25, 0.3) is 10.9 Å². The Hall–Kier alpha value is -1.55. The molecule has 1 heterocycles. The van der Waals surface area contributed by atoms with Crippen LogP contribution in [0.15, 0.2) is 12.3 Å². The Morgan fingerprint density at radius 3 is 2.87 bits per heavy atom. The smallest absolute Gasteiger partial charge is 0.337 e. The number of aryl methyl sites for hydroxylation is 2. The first-order valence-corrected chi connectivity index (χ1v) is 4.74. The van der Waals surface area contributed by atoms with E-state index in [1.807, 2.05) is 0 Å². The minimum Gasteiger partial charge on any atom is -0.478 e. The molecule has 5 heteroatoms. The SMILES string of the molecule is Cc1c(C(=O)O)c(Cl)cc2cnn(C)c12. The molecular formula is C10H9ClN2O2. The third-order valence-electron chi connectivity index (χ3n) is 2.43. The summed E-state index contributed by atoms with van der Waals surface area (Å²) in [6, 6.07) is 1.63. The van der Waals surface area contributed by atoms with Gasteiger partial charge in [0.25, 0.3) is 0 Å². The summed E-state index contributed by atoms with van der Waals surface area (Å²) in [6.45, 7) is 1.74. The number of nitrogens with zero attached hydrogens (tertiary/aromatic N) is 2. The maximum Gasteiger partial charge on any atom is 0.337 e. The van der Waals surface area contributed by atoms with E-state index in [-0.39, 0.29) is 10.6 Å². The van der Waals surface area contributed by atoms with Crippen LogP contribution in [0, 0.1) is 6.92 Å². The molecule has 1 N–H and O–H groups in total. The number of rotatable bonds is 1. The van der Waals surface area contributed by atoms with E-state index in [0.29, 0.717) is 5.56 Å². The molecule has 2 rings (SSSR count). The van der Waals surface area contributed by atoms with Crippen molar-refractivity contribution in [1.82, 2.24) is 9.78 Å². The lowest BCUT2D eigenvalue weighted by Gasteiger charge is -2.06. The van der Waals surface area contributed by atoms with Gasteiger partial charge in [0, 0.05) is 12.4 Å². The molecule has 0 saturated heterocycles. The van der Waals surface area contributed by atoms with Crippen molar-refractivity contribution in [2.75, 3.05) is 0 Å². The molecule has 0 amide bonds. The van der Waals surface area contributed by atoms with E-state index in [0.717, 1.165) is 10.9 Å². The molecule has 1 aromatic carbocycles. The summed E-state index contributed by atoms with van der Waals surface area (Å²) >= 11 is 5.89. The fourth-order valence-corrected chi connectivity index (χ4v) is 2.13. The number of hydrogen-bond donors (Lipinski definition) is 1. The lowest BCUT2D eigenvalue weighted by Crippen LogP contribution is -2.03. The Kier molecular flexibility index (Phi) is 2.16. The van der Waals surface area contributed by atoms with E-state index in [4.69, 9.17) is 16.7 Å². The summed E-state index contributed by atoms with van der Waals surface area (Å²) < 4.78 is 1.65. The van der Waals surface area contributed by atoms with Crippen molar-refractivity contribution in [3.05, 3.63) is 28.4 Å². The molecule has 0 unspecified atom stereocenters. The fraction of sp³-hybridized carbons (Fsp3) is 0.200. The number of benzene rings is 1. The topological polar surface area (TPSA) is 55.1 Å². The van der Waals surface area contributed by atoms with E-state index in [2.05, 4.69) is 5.10 Å². The van der Waals surface area contributed by atoms with Crippen molar-refractivity contribution in [3.63, 3.8) is 0 Å². The van der Waals surface area contributed by atoms with Crippen molar-refractivity contribution in [1.29, 1.82) is 0 Å². The Bertz CT molecular complexity index is 560. The molecule has 0 aliphatic heterocycles. The van der Waals surface area contributed by atoms with E-state index < -0.39 is 5.97 Å². The standard InChI is InChI=1S/C10H9ClN2O2/c1-5-8(10(14)15)7(11)3-6-4-12-13(2)9(5)6/h3-4H,1-2H3,(H,14,15). The third kappa shape index (κ3) is 1.37. The van der Waals surface area contributed by atoms with E-state index in [1.54, 1.807) is 30.9 Å². The molecule has 0 spiro atoms. The highest BCUT2D eigenvalue weighted by molar-refractivity contribution is 6.34. The number of carbonyl (C=O) groups is 1. The summed E-state index contributed by atoms with van der Waals surface area (Å²) in [5, 5.41) is 14.2. The number of fused-ring (bicyclic) bond motifs is 1. The van der Waals surface area contributed by atoms with Gasteiger partial charge in [-0.05, 0) is 18.6 Å². The zero-order chi connectivity index (χ0) is 11.2. The molecule has 78 valence electrons. The number of carboxylic acid groups (broad SMARTS) is 1. The monoisotopic (exact) mass is 224 g/mol. The van der Waals surface area contributed by atoms with Gasteiger partial charge in [0.1, 0.15) is 0 Å². The highest BCUT2D eigenvalue weighted by Gasteiger charge is 2.17. The van der Waals surface area contributed by atoms with Gasteiger partial charge >= 0.3 is 5.97 Å². The van der Waals surface area contributed by atoms with Crippen LogP contribution in [0.3, 0.4) is 0 Å². The first kappa shape index (κ1) is 9.98. The zero-order valence-electron chi connectivity index (χ0n) is 8.28. The van der Waals surface area contributed by atoms with Gasteiger partial charge < -0.3 is 5.11 Å². The van der Waals surface area contributed by atoms with Crippen molar-refractivity contribution < 1.29 is 9.90 Å². The van der Waals surface area contributed by atoms with E-state index >= 15 is 0 Å². The molecule has 0 saturated carbocycles. The molecule has 15 heavy (non-hydrogen) atoms. The fourth-order valence-electron chi connectivity index (χ4n) is 1.79. The van der Waals surface area contributed by atoms with Crippen LogP contribution in [-0.4, -0.2) is 20.9 Å². The van der Waals surface area contributed by atoms with E-state index in [1.165, 1.54) is 0 Å². The van der Waals surface area contributed by atoms with Crippen molar-refractivity contribution in [2.24, 2.45) is 7.05 Å². The van der Waals surface area contributed by atoms with Gasteiger partial charge in [-0.2, -0.15) is 5.10 Å². The van der Waals surface area contributed by atoms with Crippen LogP contribution in [0.5, 0.6) is 0 Å². The van der Waals surface area contributed by atoms with Crippen molar-refractivity contribution >= 4 is 28.5 Å². The van der Waals surface area contributed by atoms with Crippen molar-refractivity contribution in [2.45, 2.75) is 6.92 Å². The molecule has 0 fully saturated rings. The molecule has 0 atom stereocenters. The average molecular weight is 225 g/mol. The van der Waals surface area contributed by atoms with Gasteiger partial charge in [0.05, 0.1) is 22.3 Å². The second-order valence-electron chi connectivity index (χ2n) is 3.37. The third-order valence-corrected chi connectivity index (χ3v) is 2.73. The number of carboxylic acids is 1. The molecule has 1 aromatic heterocycles. The molecule has 0 radical (unpaired) electrons. The highest BCUT2D eigenvalue weighted by atomic mass is 35.5. The molecule has 0 aliphatic rings. The second-order valence-corrected chi connectivity index (χ2v) is 3.78. The first-order valence-electron chi connectivity index (χ1n) is 4.36. The molecule has 0 bridgehead atoms. The summed E-state index contributed by atoms with van der Waals surface area (Å²) in [6.07, 6.45) is 1.67. The maximum atomic E-state index is 11.0. The number of aromatic nitrogens is 2. The minimum absolute atomic E-state index is 0.146. The van der Waals surface area contributed by atoms with Gasteiger partial charge in [-0.3, -0.25) is 4.68 Å². The van der Waals surface area contributed by atoms with Gasteiger partial charge in [-0.1, -0.05) is 11.6 Å². The van der Waals surface area contributed by atoms with Gasteiger partial charge in [0.2, 0.25) is 0 Å². The van der Waals surface area contributed by atoms with Gasteiger partial charge in [-0.25, -0.2) is 4.79 Å². The minimum atomic E-state index is -1.01. The lowest BCUT2D eigenvalue weighted by atomic mass is 10.1. The molecule has 0 aliphatic carbocycles. The Morgan fingerprint density at radius 1 is 1.60 bits per heavy atom. The Labute approximate surface area is 91.1 Å². The van der Waals surface area contributed by atoms with Crippen LogP contribution in [-0.2, 0) is 7.05 Å². The molecule has 2 aromatic rings. The van der Waals surface area contributed by atoms with E-state index in [9.17, 15) is 4.79 Å². The van der Waals surface area contributed by atoms with Crippen LogP contribution in [0.2, 0.25) is 5.02 Å². The average Bonchev–Trinajstić information content (AvgIpc) is 2.46. The number of hydrogen-bond acceptors (Lipinski definition) is 2. The number of aromatic carboxylic acids is 1. The summed E-state index contributed by atoms with van der Waals surface area (Å²) in [4.78, 5) is 11.0.